The average molecular weight is 350 g/mol. The van der Waals surface area contributed by atoms with E-state index in [1.54, 1.807) is 18.5 Å². The molecule has 0 aliphatic rings. The molecule has 0 amide bonds. The van der Waals surface area contributed by atoms with Gasteiger partial charge in [-0.2, -0.15) is 5.10 Å². The minimum absolute atomic E-state index is 0. The van der Waals surface area contributed by atoms with Gasteiger partial charge in [-0.25, -0.2) is 0 Å². The van der Waals surface area contributed by atoms with Crippen LogP contribution in [0.3, 0.4) is 0 Å². The van der Waals surface area contributed by atoms with Crippen molar-refractivity contribution >= 4 is 12.2 Å². The zero-order chi connectivity index (χ0) is 15.5. The molecule has 1 aromatic carbocycles. The van der Waals surface area contributed by atoms with E-state index in [4.69, 9.17) is 10.5 Å². The van der Waals surface area contributed by atoms with E-state index in [2.05, 4.69) is 15.2 Å². The van der Waals surface area contributed by atoms with Gasteiger partial charge in [0.05, 0.1) is 19.3 Å². The van der Waals surface area contributed by atoms with Gasteiger partial charge in [0.2, 0.25) is 0 Å². The molecule has 2 rings (SSSR count). The number of pyridine rings is 1. The number of aromatic nitrogens is 1. The number of amidine groups is 1. The van der Waals surface area contributed by atoms with Crippen molar-refractivity contribution in [3.05, 3.63) is 54.4 Å². The smallest absolute Gasteiger partial charge is 0.870 e. The Morgan fingerprint density at radius 1 is 1.23 bits per heavy atom. The van der Waals surface area contributed by atoms with Crippen molar-refractivity contribution in [2.24, 2.45) is 15.9 Å². The fourth-order valence-corrected chi connectivity index (χ4v) is 1.26. The fraction of sp³-hybridized carbons (Fsp3) is 0.0714. The van der Waals surface area contributed by atoms with Crippen LogP contribution in [0.15, 0.2) is 59.0 Å². The largest absolute Gasteiger partial charge is 2.00 e. The van der Waals surface area contributed by atoms with Crippen molar-refractivity contribution in [2.45, 2.75) is 0 Å². The molecule has 22 heavy (non-hydrogen) atoms. The third-order valence-corrected chi connectivity index (χ3v) is 2.15. The summed E-state index contributed by atoms with van der Waals surface area (Å²) < 4.78 is 4.82. The van der Waals surface area contributed by atoms with Crippen LogP contribution in [0.2, 0.25) is 0 Å². The Labute approximate surface area is 138 Å². The predicted molar refractivity (Wildman–Crippen MR) is 75.9 cm³/mol. The number of para-hydroxylation sites is 1. The van der Waals surface area contributed by atoms with Crippen molar-refractivity contribution in [1.82, 2.24) is 4.98 Å². The van der Waals surface area contributed by atoms with Crippen LogP contribution in [0.5, 0.6) is 11.5 Å². The molecule has 0 atom stereocenters. The summed E-state index contributed by atoms with van der Waals surface area (Å²) in [6.45, 7) is 0. The van der Waals surface area contributed by atoms with E-state index in [-0.39, 0.29) is 34.1 Å². The molecule has 0 unspecified atom stereocenters. The van der Waals surface area contributed by atoms with Crippen LogP contribution < -0.4 is 20.7 Å². The molecule has 0 spiro atoms. The standard InChI is InChI=1S/C9H11N3O3.C5H5N.Cu/c1-15-7-4-2-3-6(8(7)13)5-11-12-9(10)14;1-2-4-6-5-3-1;/h2-5,13H,1H3,(H3,10,12,14);1-5H;/q;;+2/p-2. The van der Waals surface area contributed by atoms with Crippen LogP contribution in [0, 0.1) is 0 Å². The van der Waals surface area contributed by atoms with Crippen LogP contribution >= 0.6 is 0 Å². The molecule has 1 heterocycles. The topological polar surface area (TPSA) is 119 Å². The van der Waals surface area contributed by atoms with Crippen molar-refractivity contribution in [1.29, 1.82) is 0 Å². The average Bonchev–Trinajstić information content (AvgIpc) is 2.51. The molecule has 2 aromatic rings. The minimum atomic E-state index is -0.915. The monoisotopic (exact) mass is 349 g/mol. The molecule has 1 aromatic heterocycles. The van der Waals surface area contributed by atoms with Gasteiger partial charge in [0.1, 0.15) is 5.75 Å². The van der Waals surface area contributed by atoms with Gasteiger partial charge in [0.15, 0.2) is 0 Å². The first kappa shape index (κ1) is 19.4. The Bertz CT molecular complexity index is 576. The van der Waals surface area contributed by atoms with Gasteiger partial charge in [-0.3, -0.25) is 4.98 Å². The van der Waals surface area contributed by atoms with E-state index < -0.39 is 6.02 Å². The van der Waals surface area contributed by atoms with E-state index in [1.165, 1.54) is 19.2 Å². The Morgan fingerprint density at radius 3 is 2.36 bits per heavy atom. The van der Waals surface area contributed by atoms with Crippen LogP contribution in [-0.2, 0) is 17.1 Å². The first-order chi connectivity index (χ1) is 10.1. The van der Waals surface area contributed by atoms with Crippen LogP contribution in [-0.4, -0.2) is 24.3 Å². The minimum Gasteiger partial charge on any atom is -0.870 e. The third-order valence-electron chi connectivity index (χ3n) is 2.15. The van der Waals surface area contributed by atoms with Gasteiger partial charge in [0, 0.05) is 12.4 Å². The molecule has 0 aliphatic heterocycles. The molecule has 1 radical (unpaired) electrons. The van der Waals surface area contributed by atoms with E-state index in [0.29, 0.717) is 0 Å². The second-order valence-corrected chi connectivity index (χ2v) is 3.59. The van der Waals surface area contributed by atoms with Gasteiger partial charge in [-0.05, 0) is 23.8 Å². The zero-order valence-corrected chi connectivity index (χ0v) is 12.6. The van der Waals surface area contributed by atoms with E-state index in [0.717, 1.165) is 6.21 Å². The maximum atomic E-state index is 11.5. The van der Waals surface area contributed by atoms with E-state index in [1.807, 2.05) is 18.2 Å². The summed E-state index contributed by atoms with van der Waals surface area (Å²) in [5.41, 5.74) is 5.01. The number of nitrogens with zero attached hydrogens (tertiary/aromatic N) is 3. The molecule has 7 nitrogen and oxygen atoms in total. The Morgan fingerprint density at radius 2 is 1.91 bits per heavy atom. The molecule has 0 fully saturated rings. The zero-order valence-electron chi connectivity index (χ0n) is 11.6. The predicted octanol–water partition coefficient (Wildman–Crippen LogP) is -0.143. The second-order valence-electron chi connectivity index (χ2n) is 3.59. The molecule has 2 N–H and O–H groups in total. The molecular formula is C14H14CuN4O3. The molecule has 8 heteroatoms. The summed E-state index contributed by atoms with van der Waals surface area (Å²) in [4.78, 5) is 3.78. The molecule has 0 saturated heterocycles. The van der Waals surface area contributed by atoms with Crippen molar-refractivity contribution < 1.29 is 32.0 Å². The molecule has 0 aliphatic carbocycles. The first-order valence-electron chi connectivity index (χ1n) is 5.87. The second kappa shape index (κ2) is 11.1. The Hall–Kier alpha value is -2.57. The summed E-state index contributed by atoms with van der Waals surface area (Å²) >= 11 is 0. The van der Waals surface area contributed by atoms with Crippen molar-refractivity contribution in [3.8, 4) is 11.5 Å². The quantitative estimate of drug-likeness (QED) is 0.358. The number of methoxy groups -OCH3 is 1. The van der Waals surface area contributed by atoms with Crippen LogP contribution in [0.25, 0.3) is 0 Å². The number of hydrogen-bond donors (Lipinski definition) is 1. The van der Waals surface area contributed by atoms with Gasteiger partial charge in [-0.15, -0.1) is 5.10 Å². The van der Waals surface area contributed by atoms with Gasteiger partial charge in [-0.1, -0.05) is 23.9 Å². The maximum absolute atomic E-state index is 11.5. The fourth-order valence-electron chi connectivity index (χ4n) is 1.26. The number of rotatable bonds is 3. The van der Waals surface area contributed by atoms with Gasteiger partial charge in [0.25, 0.3) is 0 Å². The van der Waals surface area contributed by atoms with E-state index >= 15 is 0 Å². The third kappa shape index (κ3) is 7.28. The SMILES string of the molecule is COc1cccc(C=NN=C(N)[O-])c1[O-].[Cu+2].c1ccncc1. The normalized spacial score (nSPS) is 10.3. The maximum Gasteiger partial charge on any atom is 2.00 e. The number of benzene rings is 1. The Balaban J connectivity index is 0.000000529. The van der Waals surface area contributed by atoms with Crippen molar-refractivity contribution in [2.75, 3.05) is 7.11 Å². The van der Waals surface area contributed by atoms with Crippen LogP contribution in [0.1, 0.15) is 5.56 Å². The Kier molecular flexibility index (Phi) is 9.83. The van der Waals surface area contributed by atoms with E-state index in [9.17, 15) is 10.2 Å². The summed E-state index contributed by atoms with van der Waals surface area (Å²) in [7, 11) is 1.39. The molecule has 0 saturated carbocycles. The molecule has 119 valence electrons. The molecule has 0 bridgehead atoms. The van der Waals surface area contributed by atoms with Crippen molar-refractivity contribution in [3.63, 3.8) is 0 Å². The van der Waals surface area contributed by atoms with Gasteiger partial charge >= 0.3 is 17.1 Å². The summed E-state index contributed by atoms with van der Waals surface area (Å²) in [6, 6.07) is 9.50. The number of ether oxygens (including phenoxy) is 1. The number of hydrogen-bond acceptors (Lipinski definition) is 6. The molecular weight excluding hydrogens is 336 g/mol. The summed E-state index contributed by atoms with van der Waals surface area (Å²) in [6.07, 6.45) is 4.65. The number of nitrogens with two attached hydrogens (primary N) is 1. The van der Waals surface area contributed by atoms with Crippen LogP contribution in [0.4, 0.5) is 0 Å². The first-order valence-corrected chi connectivity index (χ1v) is 5.87. The van der Waals surface area contributed by atoms with Gasteiger partial charge < -0.3 is 20.7 Å². The summed E-state index contributed by atoms with van der Waals surface area (Å²) in [5, 5.41) is 28.1. The summed E-state index contributed by atoms with van der Waals surface area (Å²) in [5.74, 6) is -0.110.